The summed E-state index contributed by atoms with van der Waals surface area (Å²) in [6.45, 7) is 7.58. The highest BCUT2D eigenvalue weighted by Gasteiger charge is 2.51. The summed E-state index contributed by atoms with van der Waals surface area (Å²) in [6, 6.07) is 0. The third-order valence-electron chi connectivity index (χ3n) is 3.17. The Balaban J connectivity index is 0.000000213. The maximum atomic E-state index is 3.36. The predicted molar refractivity (Wildman–Crippen MR) is 55.1 cm³/mol. The van der Waals surface area contributed by atoms with Gasteiger partial charge in [-0.2, -0.15) is 0 Å². The maximum absolute atomic E-state index is 3.36. The molecule has 0 heteroatoms. The van der Waals surface area contributed by atoms with Crippen molar-refractivity contribution in [3.05, 3.63) is 24.8 Å². The van der Waals surface area contributed by atoms with Crippen molar-refractivity contribution in [3.63, 3.8) is 0 Å². The smallest absolute Gasteiger partial charge is 0.0231 e. The Morgan fingerprint density at radius 1 is 1.58 bits per heavy atom. The molecule has 0 spiro atoms. The average Bonchev–Trinajstić information content (AvgIpc) is 2.80. The van der Waals surface area contributed by atoms with Gasteiger partial charge >= 0.3 is 0 Å². The Hall–Kier alpha value is -0.520. The Morgan fingerprint density at radius 2 is 2.25 bits per heavy atom. The molecule has 2 aliphatic rings. The van der Waals surface area contributed by atoms with Crippen LogP contribution in [0.4, 0.5) is 0 Å². The SMILES string of the molecule is C=CC.CCC12CC=CCC1C2. The lowest BCUT2D eigenvalue weighted by atomic mass is 9.91. The van der Waals surface area contributed by atoms with Gasteiger partial charge in [-0.25, -0.2) is 0 Å². The van der Waals surface area contributed by atoms with Crippen LogP contribution in [0.2, 0.25) is 0 Å². The minimum Gasteiger partial charge on any atom is -0.103 e. The van der Waals surface area contributed by atoms with Crippen LogP contribution in [-0.2, 0) is 0 Å². The fourth-order valence-electron chi connectivity index (χ4n) is 2.17. The van der Waals surface area contributed by atoms with Gasteiger partial charge in [0.25, 0.3) is 0 Å². The van der Waals surface area contributed by atoms with E-state index in [0.717, 1.165) is 11.3 Å². The van der Waals surface area contributed by atoms with E-state index in [2.05, 4.69) is 25.7 Å². The van der Waals surface area contributed by atoms with Gasteiger partial charge in [-0.1, -0.05) is 25.2 Å². The van der Waals surface area contributed by atoms with Gasteiger partial charge in [-0.05, 0) is 43.9 Å². The van der Waals surface area contributed by atoms with Crippen molar-refractivity contribution < 1.29 is 0 Å². The molecule has 0 N–H and O–H groups in total. The van der Waals surface area contributed by atoms with Crippen LogP contribution in [0.5, 0.6) is 0 Å². The molecule has 0 aromatic heterocycles. The lowest BCUT2D eigenvalue weighted by Crippen LogP contribution is -2.03. The van der Waals surface area contributed by atoms with Crippen LogP contribution in [0.3, 0.4) is 0 Å². The standard InChI is InChI=1S/C9H14.C3H6/c1-2-9-6-4-3-5-8(9)7-9;1-3-2/h3-4,8H,2,5-7H2,1H3;3H,1H2,2H3. The molecule has 0 aromatic rings. The summed E-state index contributed by atoms with van der Waals surface area (Å²) in [6.07, 6.45) is 12.1. The number of hydrogen-bond donors (Lipinski definition) is 0. The van der Waals surface area contributed by atoms with E-state index in [4.69, 9.17) is 0 Å². The molecule has 2 unspecified atom stereocenters. The highest BCUT2D eigenvalue weighted by molar-refractivity contribution is 5.12. The molecule has 68 valence electrons. The van der Waals surface area contributed by atoms with Crippen molar-refractivity contribution in [1.82, 2.24) is 0 Å². The monoisotopic (exact) mass is 164 g/mol. The van der Waals surface area contributed by atoms with Crippen LogP contribution < -0.4 is 0 Å². The molecule has 0 aromatic carbocycles. The Labute approximate surface area is 76.4 Å². The van der Waals surface area contributed by atoms with Gasteiger partial charge in [0.15, 0.2) is 0 Å². The van der Waals surface area contributed by atoms with Crippen LogP contribution in [0.15, 0.2) is 24.8 Å². The molecule has 1 saturated carbocycles. The van der Waals surface area contributed by atoms with Crippen molar-refractivity contribution >= 4 is 0 Å². The largest absolute Gasteiger partial charge is 0.103 e. The maximum Gasteiger partial charge on any atom is -0.0231 e. The molecule has 0 amide bonds. The third kappa shape index (κ3) is 1.80. The van der Waals surface area contributed by atoms with Gasteiger partial charge in [-0.3, -0.25) is 0 Å². The van der Waals surface area contributed by atoms with Crippen molar-refractivity contribution in [2.24, 2.45) is 11.3 Å². The molecule has 2 rings (SSSR count). The second kappa shape index (κ2) is 3.93. The van der Waals surface area contributed by atoms with Gasteiger partial charge in [0.2, 0.25) is 0 Å². The second-order valence-corrected chi connectivity index (χ2v) is 3.94. The molecule has 0 aliphatic heterocycles. The highest BCUT2D eigenvalue weighted by Crippen LogP contribution is 2.61. The summed E-state index contributed by atoms with van der Waals surface area (Å²) in [5.41, 5.74) is 0.800. The molecular formula is C12H20. The molecule has 0 radical (unpaired) electrons. The van der Waals surface area contributed by atoms with Crippen LogP contribution >= 0.6 is 0 Å². The number of rotatable bonds is 1. The van der Waals surface area contributed by atoms with E-state index in [-0.39, 0.29) is 0 Å². The van der Waals surface area contributed by atoms with Crippen molar-refractivity contribution in [1.29, 1.82) is 0 Å². The Bertz CT molecular complexity index is 178. The molecular weight excluding hydrogens is 144 g/mol. The molecule has 0 saturated heterocycles. The Morgan fingerprint density at radius 3 is 2.67 bits per heavy atom. The lowest BCUT2D eigenvalue weighted by molar-refractivity contribution is 0.431. The van der Waals surface area contributed by atoms with Gasteiger partial charge in [-0.15, -0.1) is 6.58 Å². The summed E-state index contributed by atoms with van der Waals surface area (Å²) in [5.74, 6) is 1.08. The number of fused-ring (bicyclic) bond motifs is 1. The zero-order chi connectivity index (χ0) is 9.03. The van der Waals surface area contributed by atoms with Crippen LogP contribution in [0.25, 0.3) is 0 Å². The van der Waals surface area contributed by atoms with E-state index >= 15 is 0 Å². The molecule has 2 atom stereocenters. The van der Waals surface area contributed by atoms with Crippen LogP contribution in [-0.4, -0.2) is 0 Å². The van der Waals surface area contributed by atoms with E-state index < -0.39 is 0 Å². The van der Waals surface area contributed by atoms with E-state index in [0.29, 0.717) is 0 Å². The summed E-state index contributed by atoms with van der Waals surface area (Å²) in [4.78, 5) is 0. The minimum atomic E-state index is 0.800. The topological polar surface area (TPSA) is 0 Å². The third-order valence-corrected chi connectivity index (χ3v) is 3.17. The van der Waals surface area contributed by atoms with Crippen molar-refractivity contribution in [3.8, 4) is 0 Å². The molecule has 0 bridgehead atoms. The van der Waals surface area contributed by atoms with Gasteiger partial charge in [0.05, 0.1) is 0 Å². The lowest BCUT2D eigenvalue weighted by Gasteiger charge is -2.14. The van der Waals surface area contributed by atoms with Crippen molar-refractivity contribution in [2.45, 2.75) is 39.5 Å². The molecule has 0 heterocycles. The summed E-state index contributed by atoms with van der Waals surface area (Å²) in [7, 11) is 0. The molecule has 1 fully saturated rings. The van der Waals surface area contributed by atoms with Crippen LogP contribution in [0, 0.1) is 11.3 Å². The molecule has 12 heavy (non-hydrogen) atoms. The van der Waals surface area contributed by atoms with Gasteiger partial charge in [0, 0.05) is 0 Å². The number of hydrogen-bond acceptors (Lipinski definition) is 0. The first kappa shape index (κ1) is 9.57. The van der Waals surface area contributed by atoms with Gasteiger partial charge in [0.1, 0.15) is 0 Å². The predicted octanol–water partition coefficient (Wildman–Crippen LogP) is 3.95. The van der Waals surface area contributed by atoms with E-state index in [1.165, 1.54) is 25.7 Å². The fraction of sp³-hybridized carbons (Fsp3) is 0.667. The first-order valence-corrected chi connectivity index (χ1v) is 5.01. The first-order valence-electron chi connectivity index (χ1n) is 5.01. The minimum absolute atomic E-state index is 0.800. The zero-order valence-electron chi connectivity index (χ0n) is 8.34. The normalized spacial score (nSPS) is 36.0. The van der Waals surface area contributed by atoms with E-state index in [1.54, 1.807) is 6.08 Å². The first-order chi connectivity index (χ1) is 5.79. The average molecular weight is 164 g/mol. The highest BCUT2D eigenvalue weighted by atomic mass is 14.6. The van der Waals surface area contributed by atoms with Crippen molar-refractivity contribution in [2.75, 3.05) is 0 Å². The summed E-state index contributed by atoms with van der Waals surface area (Å²) >= 11 is 0. The second-order valence-electron chi connectivity index (χ2n) is 3.94. The zero-order valence-corrected chi connectivity index (χ0v) is 8.34. The Kier molecular flexibility index (Phi) is 3.13. The quantitative estimate of drug-likeness (QED) is 0.515. The fourth-order valence-corrected chi connectivity index (χ4v) is 2.17. The molecule has 2 aliphatic carbocycles. The van der Waals surface area contributed by atoms with E-state index in [9.17, 15) is 0 Å². The van der Waals surface area contributed by atoms with Crippen LogP contribution in [0.1, 0.15) is 39.5 Å². The molecule has 0 nitrogen and oxygen atoms in total. The summed E-state index contributed by atoms with van der Waals surface area (Å²) in [5, 5.41) is 0. The van der Waals surface area contributed by atoms with Gasteiger partial charge < -0.3 is 0 Å². The van der Waals surface area contributed by atoms with E-state index in [1.807, 2.05) is 6.92 Å². The number of allylic oxidation sites excluding steroid dienone is 3. The summed E-state index contributed by atoms with van der Waals surface area (Å²) < 4.78 is 0.